The molecule has 1 aromatic rings. The maximum Gasteiger partial charge on any atom is 0.118 e. The second-order valence-electron chi connectivity index (χ2n) is 4.59. The maximum absolute atomic E-state index is 9.50. The third-order valence-corrected chi connectivity index (χ3v) is 2.31. The zero-order chi connectivity index (χ0) is 12.0. The predicted molar refractivity (Wildman–Crippen MR) is 65.9 cm³/mol. The van der Waals surface area contributed by atoms with E-state index in [-0.39, 0.29) is 0 Å². The number of nitrogens with one attached hydrogen (secondary N) is 1. The highest BCUT2D eigenvalue weighted by Crippen LogP contribution is 2.11. The molecule has 0 aliphatic carbocycles. The van der Waals surface area contributed by atoms with Gasteiger partial charge in [0.15, 0.2) is 0 Å². The van der Waals surface area contributed by atoms with Crippen molar-refractivity contribution in [1.82, 2.24) is 5.32 Å². The van der Waals surface area contributed by atoms with E-state index in [1.165, 1.54) is 5.56 Å². The molecule has 0 spiro atoms. The summed E-state index contributed by atoms with van der Waals surface area (Å²) >= 11 is 0. The number of rotatable bonds is 6. The summed E-state index contributed by atoms with van der Waals surface area (Å²) in [5, 5.41) is 12.7. The van der Waals surface area contributed by atoms with Crippen molar-refractivity contribution in [3.05, 3.63) is 29.8 Å². The van der Waals surface area contributed by atoms with Gasteiger partial charge < -0.3 is 15.2 Å². The van der Waals surface area contributed by atoms with Gasteiger partial charge in [-0.15, -0.1) is 0 Å². The minimum Gasteiger partial charge on any atom is -0.497 e. The average molecular weight is 223 g/mol. The Morgan fingerprint density at radius 3 is 2.38 bits per heavy atom. The summed E-state index contributed by atoms with van der Waals surface area (Å²) in [6.07, 6.45) is 0.958. The normalized spacial score (nSPS) is 11.5. The first-order chi connectivity index (χ1) is 7.51. The molecule has 90 valence electrons. The van der Waals surface area contributed by atoms with Gasteiger partial charge >= 0.3 is 0 Å². The third-order valence-electron chi connectivity index (χ3n) is 2.31. The van der Waals surface area contributed by atoms with Gasteiger partial charge in [0, 0.05) is 6.54 Å². The molecule has 0 heterocycles. The van der Waals surface area contributed by atoms with E-state index in [4.69, 9.17) is 4.74 Å². The van der Waals surface area contributed by atoms with E-state index in [2.05, 4.69) is 17.4 Å². The standard InChI is InChI=1S/C13H21NO2/c1-13(2,15)10-14-9-8-11-4-6-12(16-3)7-5-11/h4-7,14-15H,8-10H2,1-3H3. The Morgan fingerprint density at radius 2 is 1.88 bits per heavy atom. The highest BCUT2D eigenvalue weighted by Gasteiger charge is 2.10. The summed E-state index contributed by atoms with van der Waals surface area (Å²) in [5.74, 6) is 0.883. The molecule has 3 heteroatoms. The van der Waals surface area contributed by atoms with Crippen molar-refractivity contribution in [2.45, 2.75) is 25.9 Å². The summed E-state index contributed by atoms with van der Waals surface area (Å²) in [6.45, 7) is 5.08. The summed E-state index contributed by atoms with van der Waals surface area (Å²) < 4.78 is 5.09. The lowest BCUT2D eigenvalue weighted by molar-refractivity contribution is 0.0801. The van der Waals surface area contributed by atoms with Crippen molar-refractivity contribution < 1.29 is 9.84 Å². The molecule has 0 aromatic heterocycles. The Labute approximate surface area is 97.4 Å². The van der Waals surface area contributed by atoms with Crippen LogP contribution in [0.25, 0.3) is 0 Å². The number of hydrogen-bond donors (Lipinski definition) is 2. The molecule has 0 radical (unpaired) electrons. The monoisotopic (exact) mass is 223 g/mol. The summed E-state index contributed by atoms with van der Waals surface area (Å²) in [4.78, 5) is 0. The summed E-state index contributed by atoms with van der Waals surface area (Å²) in [5.41, 5.74) is 0.629. The maximum atomic E-state index is 9.50. The topological polar surface area (TPSA) is 41.5 Å². The van der Waals surface area contributed by atoms with E-state index >= 15 is 0 Å². The molecule has 3 nitrogen and oxygen atoms in total. The van der Waals surface area contributed by atoms with Crippen LogP contribution in [0.1, 0.15) is 19.4 Å². The van der Waals surface area contributed by atoms with Crippen molar-refractivity contribution in [2.75, 3.05) is 20.2 Å². The van der Waals surface area contributed by atoms with Crippen LogP contribution in [0.2, 0.25) is 0 Å². The van der Waals surface area contributed by atoms with Gasteiger partial charge in [-0.1, -0.05) is 12.1 Å². The molecule has 16 heavy (non-hydrogen) atoms. The second kappa shape index (κ2) is 5.87. The number of ether oxygens (including phenoxy) is 1. The fourth-order valence-electron chi connectivity index (χ4n) is 1.42. The smallest absolute Gasteiger partial charge is 0.118 e. The molecular weight excluding hydrogens is 202 g/mol. The van der Waals surface area contributed by atoms with Crippen LogP contribution in [0.4, 0.5) is 0 Å². The van der Waals surface area contributed by atoms with Crippen molar-refractivity contribution in [3.63, 3.8) is 0 Å². The van der Waals surface area contributed by atoms with Gasteiger partial charge in [-0.3, -0.25) is 0 Å². The first kappa shape index (κ1) is 13.0. The molecule has 1 aromatic carbocycles. The highest BCUT2D eigenvalue weighted by atomic mass is 16.5. The van der Waals surface area contributed by atoms with Crippen LogP contribution in [0, 0.1) is 0 Å². The quantitative estimate of drug-likeness (QED) is 0.720. The van der Waals surface area contributed by atoms with Crippen LogP contribution in [0.15, 0.2) is 24.3 Å². The van der Waals surface area contributed by atoms with E-state index in [1.807, 2.05) is 12.1 Å². The summed E-state index contributed by atoms with van der Waals surface area (Å²) in [7, 11) is 1.67. The molecule has 0 unspecified atom stereocenters. The highest BCUT2D eigenvalue weighted by molar-refractivity contribution is 5.27. The molecule has 0 aliphatic heterocycles. The van der Waals surface area contributed by atoms with Gasteiger partial charge in [0.1, 0.15) is 5.75 Å². The largest absolute Gasteiger partial charge is 0.497 e. The minimum atomic E-state index is -0.639. The van der Waals surface area contributed by atoms with E-state index in [9.17, 15) is 5.11 Å². The summed E-state index contributed by atoms with van der Waals surface area (Å²) in [6, 6.07) is 8.05. The van der Waals surface area contributed by atoms with Crippen LogP contribution in [0.5, 0.6) is 5.75 Å². The van der Waals surface area contributed by atoms with Gasteiger partial charge in [0.05, 0.1) is 12.7 Å². The number of hydrogen-bond acceptors (Lipinski definition) is 3. The van der Waals surface area contributed by atoms with Crippen LogP contribution >= 0.6 is 0 Å². The zero-order valence-corrected chi connectivity index (χ0v) is 10.3. The lowest BCUT2D eigenvalue weighted by atomic mass is 10.1. The Morgan fingerprint density at radius 1 is 1.25 bits per heavy atom. The number of benzene rings is 1. The van der Waals surface area contributed by atoms with E-state index < -0.39 is 5.60 Å². The van der Waals surface area contributed by atoms with Gasteiger partial charge in [0.2, 0.25) is 0 Å². The molecule has 0 fully saturated rings. The van der Waals surface area contributed by atoms with Crippen molar-refractivity contribution >= 4 is 0 Å². The molecule has 0 bridgehead atoms. The van der Waals surface area contributed by atoms with Gasteiger partial charge in [-0.05, 0) is 44.5 Å². The zero-order valence-electron chi connectivity index (χ0n) is 10.3. The van der Waals surface area contributed by atoms with Crippen LogP contribution in [0.3, 0.4) is 0 Å². The predicted octanol–water partition coefficient (Wildman–Crippen LogP) is 1.60. The van der Waals surface area contributed by atoms with Crippen LogP contribution in [-0.2, 0) is 6.42 Å². The molecular formula is C13H21NO2. The molecule has 2 N–H and O–H groups in total. The Balaban J connectivity index is 2.27. The van der Waals surface area contributed by atoms with Crippen molar-refractivity contribution in [2.24, 2.45) is 0 Å². The second-order valence-corrected chi connectivity index (χ2v) is 4.59. The Hall–Kier alpha value is -1.06. The molecule has 0 amide bonds. The first-order valence-electron chi connectivity index (χ1n) is 5.57. The van der Waals surface area contributed by atoms with E-state index in [0.717, 1.165) is 18.7 Å². The molecule has 0 saturated heterocycles. The van der Waals surface area contributed by atoms with Crippen molar-refractivity contribution in [1.29, 1.82) is 0 Å². The third kappa shape index (κ3) is 5.14. The Bertz CT molecular complexity index is 301. The molecule has 1 rings (SSSR count). The average Bonchev–Trinajstić information content (AvgIpc) is 2.24. The molecule has 0 atom stereocenters. The lowest BCUT2D eigenvalue weighted by Crippen LogP contribution is -2.35. The lowest BCUT2D eigenvalue weighted by Gasteiger charge is -2.17. The van der Waals surface area contributed by atoms with Gasteiger partial charge in [-0.25, -0.2) is 0 Å². The Kier molecular flexibility index (Phi) is 4.77. The number of aliphatic hydroxyl groups is 1. The van der Waals surface area contributed by atoms with Crippen LogP contribution < -0.4 is 10.1 Å². The molecule has 0 saturated carbocycles. The fourth-order valence-corrected chi connectivity index (χ4v) is 1.42. The minimum absolute atomic E-state index is 0.614. The SMILES string of the molecule is COc1ccc(CCNCC(C)(C)O)cc1. The van der Waals surface area contributed by atoms with Crippen molar-refractivity contribution in [3.8, 4) is 5.75 Å². The van der Waals surface area contributed by atoms with Crippen LogP contribution in [-0.4, -0.2) is 30.9 Å². The van der Waals surface area contributed by atoms with Gasteiger partial charge in [-0.2, -0.15) is 0 Å². The fraction of sp³-hybridized carbons (Fsp3) is 0.538. The molecule has 0 aliphatic rings. The van der Waals surface area contributed by atoms with Gasteiger partial charge in [0.25, 0.3) is 0 Å². The van der Waals surface area contributed by atoms with E-state index in [1.54, 1.807) is 21.0 Å². The van der Waals surface area contributed by atoms with E-state index in [0.29, 0.717) is 6.54 Å². The first-order valence-corrected chi connectivity index (χ1v) is 5.57. The number of methoxy groups -OCH3 is 1.